The van der Waals surface area contributed by atoms with Gasteiger partial charge in [-0.2, -0.15) is 12.6 Å². The van der Waals surface area contributed by atoms with Crippen molar-refractivity contribution in [3.05, 3.63) is 40.8 Å². The highest BCUT2D eigenvalue weighted by atomic mass is 32.1. The lowest BCUT2D eigenvalue weighted by atomic mass is 10.0. The van der Waals surface area contributed by atoms with Gasteiger partial charge in [-0.15, -0.1) is 0 Å². The predicted molar refractivity (Wildman–Crippen MR) is 67.4 cm³/mol. The molecule has 0 saturated carbocycles. The number of ether oxygens (including phenoxy) is 1. The molecule has 0 aromatic heterocycles. The Labute approximate surface area is 95.3 Å². The number of hydrogen-bond acceptors (Lipinski definition) is 3. The molecule has 80 valence electrons. The summed E-state index contributed by atoms with van der Waals surface area (Å²) < 4.78 is 5.21. The molecule has 0 bridgehead atoms. The number of rotatable bonds is 3. The Morgan fingerprint density at radius 2 is 2.20 bits per heavy atom. The van der Waals surface area contributed by atoms with Crippen LogP contribution in [0.5, 0.6) is 5.75 Å². The Bertz CT molecular complexity index is 408. The van der Waals surface area contributed by atoms with Crippen LogP contribution in [0.4, 0.5) is 0 Å². The molecule has 1 rings (SSSR count). The van der Waals surface area contributed by atoms with Crippen LogP contribution in [0.3, 0.4) is 0 Å². The van der Waals surface area contributed by atoms with E-state index in [-0.39, 0.29) is 5.76 Å². The van der Waals surface area contributed by atoms with Crippen molar-refractivity contribution < 1.29 is 9.84 Å². The molecule has 0 aliphatic heterocycles. The quantitative estimate of drug-likeness (QED) is 0.606. The molecule has 1 N–H and O–H groups in total. The highest BCUT2D eigenvalue weighted by Gasteiger charge is 2.07. The van der Waals surface area contributed by atoms with E-state index in [0.29, 0.717) is 5.56 Å². The zero-order valence-corrected chi connectivity index (χ0v) is 9.71. The molecule has 0 heterocycles. The predicted octanol–water partition coefficient (Wildman–Crippen LogP) is 3.43. The van der Waals surface area contributed by atoms with E-state index in [1.165, 1.54) is 0 Å². The molecule has 0 amide bonds. The van der Waals surface area contributed by atoms with E-state index >= 15 is 0 Å². The van der Waals surface area contributed by atoms with Gasteiger partial charge in [-0.3, -0.25) is 0 Å². The van der Waals surface area contributed by atoms with Crippen LogP contribution in [0.15, 0.2) is 24.1 Å². The van der Waals surface area contributed by atoms with Crippen molar-refractivity contribution in [2.45, 2.75) is 6.92 Å². The zero-order valence-electron chi connectivity index (χ0n) is 8.82. The minimum absolute atomic E-state index is 0.0297. The molecule has 0 saturated heterocycles. The summed E-state index contributed by atoms with van der Waals surface area (Å²) in [6.07, 6.45) is 1.84. The number of aliphatic hydroxyl groups excluding tert-OH is 1. The molecule has 0 aliphatic rings. The van der Waals surface area contributed by atoms with Crippen LogP contribution < -0.4 is 4.74 Å². The summed E-state index contributed by atoms with van der Waals surface area (Å²) in [5.74, 6) is 0.756. The van der Waals surface area contributed by atoms with Crippen molar-refractivity contribution in [3.8, 4) is 5.75 Å². The van der Waals surface area contributed by atoms with Crippen LogP contribution in [0.2, 0.25) is 0 Å². The van der Waals surface area contributed by atoms with Gasteiger partial charge < -0.3 is 9.84 Å². The molecule has 3 heteroatoms. The molecule has 15 heavy (non-hydrogen) atoms. The van der Waals surface area contributed by atoms with Crippen LogP contribution in [-0.4, -0.2) is 12.2 Å². The van der Waals surface area contributed by atoms with Gasteiger partial charge in [-0.1, -0.05) is 6.58 Å². The summed E-state index contributed by atoms with van der Waals surface area (Å²) in [7, 11) is 1.60. The molecular weight excluding hydrogens is 208 g/mol. The molecule has 0 fully saturated rings. The highest BCUT2D eigenvalue weighted by molar-refractivity contribution is 7.83. The molecule has 0 unspecified atom stereocenters. The third-order valence-corrected chi connectivity index (χ3v) is 2.36. The fourth-order valence-corrected chi connectivity index (χ4v) is 1.50. The van der Waals surface area contributed by atoms with Gasteiger partial charge in [0.2, 0.25) is 0 Å². The number of hydrogen-bond donors (Lipinski definition) is 2. The van der Waals surface area contributed by atoms with Crippen molar-refractivity contribution in [3.63, 3.8) is 0 Å². The summed E-state index contributed by atoms with van der Waals surface area (Å²) >= 11 is 4.02. The van der Waals surface area contributed by atoms with Crippen molar-refractivity contribution >= 4 is 24.5 Å². The smallest absolute Gasteiger partial charge is 0.123 e. The number of aliphatic hydroxyl groups is 1. The number of thiol groups is 1. The molecule has 0 atom stereocenters. The van der Waals surface area contributed by atoms with E-state index in [0.717, 1.165) is 16.9 Å². The van der Waals surface area contributed by atoms with E-state index in [1.54, 1.807) is 18.6 Å². The Morgan fingerprint density at radius 1 is 1.53 bits per heavy atom. The second-order valence-electron chi connectivity index (χ2n) is 3.16. The van der Waals surface area contributed by atoms with Gasteiger partial charge in [0.15, 0.2) is 0 Å². The van der Waals surface area contributed by atoms with Crippen LogP contribution in [0.1, 0.15) is 16.7 Å². The first kappa shape index (κ1) is 11.7. The first-order chi connectivity index (χ1) is 7.10. The number of methoxy groups -OCH3 is 1. The van der Waals surface area contributed by atoms with Gasteiger partial charge in [0.1, 0.15) is 11.5 Å². The number of benzene rings is 1. The minimum atomic E-state index is 0.0297. The monoisotopic (exact) mass is 222 g/mol. The van der Waals surface area contributed by atoms with E-state index < -0.39 is 0 Å². The average molecular weight is 222 g/mol. The van der Waals surface area contributed by atoms with Crippen LogP contribution in [0, 0.1) is 6.92 Å². The van der Waals surface area contributed by atoms with Crippen molar-refractivity contribution in [1.82, 2.24) is 0 Å². The topological polar surface area (TPSA) is 29.5 Å². The Hall–Kier alpha value is -1.35. The molecule has 2 nitrogen and oxygen atoms in total. The van der Waals surface area contributed by atoms with Gasteiger partial charge >= 0.3 is 0 Å². The van der Waals surface area contributed by atoms with Crippen molar-refractivity contribution in [2.24, 2.45) is 0 Å². The maximum Gasteiger partial charge on any atom is 0.123 e. The Balaban J connectivity index is 3.37. The molecular formula is C12H14O2S. The zero-order chi connectivity index (χ0) is 11.4. The van der Waals surface area contributed by atoms with E-state index in [4.69, 9.17) is 4.74 Å². The van der Waals surface area contributed by atoms with Crippen molar-refractivity contribution in [1.29, 1.82) is 0 Å². The van der Waals surface area contributed by atoms with E-state index in [1.807, 2.05) is 19.1 Å². The van der Waals surface area contributed by atoms with Crippen LogP contribution >= 0.6 is 12.6 Å². The first-order valence-electron chi connectivity index (χ1n) is 4.47. The maximum atomic E-state index is 9.33. The average Bonchev–Trinajstić information content (AvgIpc) is 2.21. The van der Waals surface area contributed by atoms with E-state index in [2.05, 4.69) is 19.2 Å². The molecule has 0 spiro atoms. The summed E-state index contributed by atoms with van der Waals surface area (Å²) in [6, 6.07) is 3.60. The summed E-state index contributed by atoms with van der Waals surface area (Å²) in [6.45, 7) is 5.44. The van der Waals surface area contributed by atoms with Gasteiger partial charge in [0, 0.05) is 5.56 Å². The Morgan fingerprint density at radius 3 is 2.67 bits per heavy atom. The standard InChI is InChI=1S/C12H14O2S/c1-8-10(4-5-15)6-11(9(2)13)7-12(8)14-3/h4-7,13,15H,2H2,1,3H3/b5-4-. The molecule has 1 aromatic rings. The lowest BCUT2D eigenvalue weighted by molar-refractivity contribution is 0.411. The lowest BCUT2D eigenvalue weighted by Crippen LogP contribution is -1.93. The van der Waals surface area contributed by atoms with Gasteiger partial charge in [0.25, 0.3) is 0 Å². The lowest BCUT2D eigenvalue weighted by Gasteiger charge is -2.10. The van der Waals surface area contributed by atoms with E-state index in [9.17, 15) is 5.11 Å². The second kappa shape index (κ2) is 4.94. The summed E-state index contributed by atoms with van der Waals surface area (Å²) in [4.78, 5) is 0. The van der Waals surface area contributed by atoms with Gasteiger partial charge in [-0.05, 0) is 41.7 Å². The van der Waals surface area contributed by atoms with Gasteiger partial charge in [-0.25, -0.2) is 0 Å². The normalized spacial score (nSPS) is 10.6. The first-order valence-corrected chi connectivity index (χ1v) is 4.99. The molecule has 0 aliphatic carbocycles. The fourth-order valence-electron chi connectivity index (χ4n) is 1.34. The summed E-state index contributed by atoms with van der Waals surface area (Å²) in [5.41, 5.74) is 2.61. The van der Waals surface area contributed by atoms with Crippen molar-refractivity contribution in [2.75, 3.05) is 7.11 Å². The van der Waals surface area contributed by atoms with Crippen LogP contribution in [-0.2, 0) is 0 Å². The minimum Gasteiger partial charge on any atom is -0.508 e. The third kappa shape index (κ3) is 2.57. The second-order valence-corrected chi connectivity index (χ2v) is 3.45. The third-order valence-electron chi connectivity index (χ3n) is 2.21. The maximum absolute atomic E-state index is 9.33. The SMILES string of the molecule is C=C(O)c1cc(/C=C\S)c(C)c(OC)c1. The highest BCUT2D eigenvalue weighted by Crippen LogP contribution is 2.27. The van der Waals surface area contributed by atoms with Gasteiger partial charge in [0.05, 0.1) is 7.11 Å². The Kier molecular flexibility index (Phi) is 3.86. The summed E-state index contributed by atoms with van der Waals surface area (Å²) in [5, 5.41) is 11.0. The largest absolute Gasteiger partial charge is 0.508 e. The fraction of sp³-hybridized carbons (Fsp3) is 0.167. The van der Waals surface area contributed by atoms with Crippen LogP contribution in [0.25, 0.3) is 11.8 Å². The molecule has 1 aromatic carbocycles. The molecule has 0 radical (unpaired) electrons.